The maximum absolute atomic E-state index is 13.4. The van der Waals surface area contributed by atoms with Gasteiger partial charge in [0.15, 0.2) is 0 Å². The highest BCUT2D eigenvalue weighted by Gasteiger charge is 2.27. The second-order valence-corrected chi connectivity index (χ2v) is 10.7. The summed E-state index contributed by atoms with van der Waals surface area (Å²) < 4.78 is 38.5. The molecule has 1 aromatic carbocycles. The van der Waals surface area contributed by atoms with E-state index in [2.05, 4.69) is 4.90 Å². The van der Waals surface area contributed by atoms with Crippen LogP contribution in [-0.2, 0) is 32.6 Å². The third kappa shape index (κ3) is 8.54. The summed E-state index contributed by atoms with van der Waals surface area (Å²) in [6, 6.07) is 13.3. The molecule has 2 aromatic rings. The number of morpholine rings is 1. The van der Waals surface area contributed by atoms with Gasteiger partial charge in [-0.1, -0.05) is 43.7 Å². The monoisotopic (exact) mass is 491 g/mol. The first-order chi connectivity index (χ1) is 16.5. The topological polar surface area (TPSA) is 83.3 Å². The van der Waals surface area contributed by atoms with Crippen LogP contribution in [0.25, 0.3) is 0 Å². The molecule has 188 valence electrons. The van der Waals surface area contributed by atoms with Crippen molar-refractivity contribution in [1.29, 1.82) is 0 Å². The number of amides is 1. The molecule has 1 aliphatic rings. The van der Waals surface area contributed by atoms with Gasteiger partial charge in [-0.2, -0.15) is 4.31 Å². The Kier molecular flexibility index (Phi) is 10.6. The van der Waals surface area contributed by atoms with Crippen LogP contribution < -0.4 is 0 Å². The van der Waals surface area contributed by atoms with Crippen molar-refractivity contribution >= 4 is 15.9 Å². The lowest BCUT2D eigenvalue weighted by Gasteiger charge is -2.29. The zero-order chi connectivity index (χ0) is 24.2. The fourth-order valence-electron chi connectivity index (χ4n) is 3.95. The van der Waals surface area contributed by atoms with Crippen molar-refractivity contribution < 1.29 is 22.4 Å². The van der Waals surface area contributed by atoms with Gasteiger partial charge >= 0.3 is 0 Å². The molecule has 1 amide bonds. The lowest BCUT2D eigenvalue weighted by molar-refractivity contribution is -0.133. The highest BCUT2D eigenvalue weighted by Crippen LogP contribution is 2.14. The molecule has 0 unspecified atom stereocenters. The molecule has 1 aromatic heterocycles. The summed E-state index contributed by atoms with van der Waals surface area (Å²) in [7, 11) is -3.53. The quantitative estimate of drug-likeness (QED) is 0.404. The highest BCUT2D eigenvalue weighted by molar-refractivity contribution is 7.89. The number of carbonyl (C=O) groups is 1. The van der Waals surface area contributed by atoms with Gasteiger partial charge in [0, 0.05) is 26.2 Å². The molecule has 0 atom stereocenters. The van der Waals surface area contributed by atoms with E-state index >= 15 is 0 Å². The average Bonchev–Trinajstić information content (AvgIpc) is 3.36. The average molecular weight is 492 g/mol. The van der Waals surface area contributed by atoms with Crippen LogP contribution in [0.4, 0.5) is 0 Å². The fraction of sp³-hybridized carbons (Fsp3) is 0.560. The molecular formula is C25H37N3O5S. The van der Waals surface area contributed by atoms with E-state index < -0.39 is 10.0 Å². The Labute approximate surface area is 203 Å². The first-order valence-corrected chi connectivity index (χ1v) is 13.7. The van der Waals surface area contributed by atoms with Gasteiger partial charge in [0.25, 0.3) is 0 Å². The van der Waals surface area contributed by atoms with Crippen molar-refractivity contribution in [2.45, 2.75) is 39.3 Å². The standard InChI is InChI=1S/C25H37N3O5S/c1-2-3-19-34(30,31)28(13-8-12-26-14-17-32-18-15-26)22-25(29)27(21-24-11-7-16-33-24)20-23-9-5-4-6-10-23/h4-7,9-11,16H,2-3,8,12-15,17-22H2,1H3. The van der Waals surface area contributed by atoms with Crippen molar-refractivity contribution in [2.75, 3.05) is 51.7 Å². The van der Waals surface area contributed by atoms with Gasteiger partial charge in [-0.3, -0.25) is 9.69 Å². The Morgan fingerprint density at radius 1 is 1.03 bits per heavy atom. The third-order valence-corrected chi connectivity index (χ3v) is 7.85. The molecule has 34 heavy (non-hydrogen) atoms. The smallest absolute Gasteiger partial charge is 0.238 e. The lowest BCUT2D eigenvalue weighted by atomic mass is 10.2. The number of hydrogen-bond donors (Lipinski definition) is 0. The number of hydrogen-bond acceptors (Lipinski definition) is 6. The van der Waals surface area contributed by atoms with Gasteiger partial charge in [-0.15, -0.1) is 0 Å². The number of unbranched alkanes of at least 4 members (excludes halogenated alkanes) is 1. The predicted octanol–water partition coefficient (Wildman–Crippen LogP) is 2.96. The number of sulfonamides is 1. The molecule has 1 saturated heterocycles. The van der Waals surface area contributed by atoms with Gasteiger partial charge in [-0.25, -0.2) is 8.42 Å². The van der Waals surface area contributed by atoms with E-state index in [1.807, 2.05) is 43.3 Å². The normalized spacial score (nSPS) is 15.0. The molecule has 9 heteroatoms. The van der Waals surface area contributed by atoms with Crippen molar-refractivity contribution in [3.8, 4) is 0 Å². The summed E-state index contributed by atoms with van der Waals surface area (Å²) >= 11 is 0. The molecule has 0 N–H and O–H groups in total. The van der Waals surface area contributed by atoms with Crippen molar-refractivity contribution in [2.24, 2.45) is 0 Å². The van der Waals surface area contributed by atoms with Crippen LogP contribution in [0, 0.1) is 0 Å². The summed E-state index contributed by atoms with van der Waals surface area (Å²) in [5.41, 5.74) is 0.982. The van der Waals surface area contributed by atoms with Crippen LogP contribution in [0.3, 0.4) is 0 Å². The minimum Gasteiger partial charge on any atom is -0.467 e. The van der Waals surface area contributed by atoms with Crippen LogP contribution >= 0.6 is 0 Å². The first-order valence-electron chi connectivity index (χ1n) is 12.1. The minimum atomic E-state index is -3.53. The Morgan fingerprint density at radius 3 is 2.47 bits per heavy atom. The maximum atomic E-state index is 13.4. The maximum Gasteiger partial charge on any atom is 0.238 e. The zero-order valence-corrected chi connectivity index (χ0v) is 20.9. The van der Waals surface area contributed by atoms with Crippen LogP contribution in [0.1, 0.15) is 37.5 Å². The predicted molar refractivity (Wildman–Crippen MR) is 132 cm³/mol. The Morgan fingerprint density at radius 2 is 1.79 bits per heavy atom. The van der Waals surface area contributed by atoms with Crippen molar-refractivity contribution in [1.82, 2.24) is 14.1 Å². The molecule has 8 nitrogen and oxygen atoms in total. The second kappa shape index (κ2) is 13.6. The number of carbonyl (C=O) groups excluding carboxylic acids is 1. The summed E-state index contributed by atoms with van der Waals surface area (Å²) in [4.78, 5) is 17.4. The van der Waals surface area contributed by atoms with Gasteiger partial charge in [-0.05, 0) is 37.1 Å². The number of furan rings is 1. The van der Waals surface area contributed by atoms with Gasteiger partial charge in [0.2, 0.25) is 15.9 Å². The SMILES string of the molecule is CCCCS(=O)(=O)N(CCCN1CCOCC1)CC(=O)N(Cc1ccccc1)Cc1ccco1. The van der Waals surface area contributed by atoms with E-state index in [1.54, 1.807) is 17.2 Å². The van der Waals surface area contributed by atoms with E-state index in [1.165, 1.54) is 4.31 Å². The highest BCUT2D eigenvalue weighted by atomic mass is 32.2. The number of rotatable bonds is 14. The molecule has 0 aliphatic carbocycles. The van der Waals surface area contributed by atoms with Gasteiger partial charge in [0.1, 0.15) is 5.76 Å². The molecule has 2 heterocycles. The van der Waals surface area contributed by atoms with Crippen LogP contribution in [0.15, 0.2) is 53.1 Å². The Hall–Kier alpha value is -2.20. The first kappa shape index (κ1) is 26.4. The minimum absolute atomic E-state index is 0.0607. The molecule has 0 bridgehead atoms. The number of benzene rings is 1. The van der Waals surface area contributed by atoms with E-state index in [-0.39, 0.29) is 24.7 Å². The molecule has 1 fully saturated rings. The fourth-order valence-corrected chi connectivity index (χ4v) is 5.57. The van der Waals surface area contributed by atoms with Gasteiger partial charge in [0.05, 0.1) is 38.3 Å². The number of nitrogens with zero attached hydrogens (tertiary/aromatic N) is 3. The van der Waals surface area contributed by atoms with Crippen molar-refractivity contribution in [3.63, 3.8) is 0 Å². The molecule has 1 aliphatic heterocycles. The molecule has 0 radical (unpaired) electrons. The summed E-state index contributed by atoms with van der Waals surface area (Å²) in [5.74, 6) is 0.495. The van der Waals surface area contributed by atoms with Crippen LogP contribution in [0.2, 0.25) is 0 Å². The summed E-state index contributed by atoms with van der Waals surface area (Å²) in [6.45, 7) is 6.72. The van der Waals surface area contributed by atoms with Gasteiger partial charge < -0.3 is 14.1 Å². The molecule has 3 rings (SSSR count). The van der Waals surface area contributed by atoms with Crippen LogP contribution in [-0.4, -0.2) is 80.1 Å². The zero-order valence-electron chi connectivity index (χ0n) is 20.1. The Balaban J connectivity index is 1.69. The summed E-state index contributed by atoms with van der Waals surface area (Å²) in [5, 5.41) is 0. The van der Waals surface area contributed by atoms with Crippen molar-refractivity contribution in [3.05, 3.63) is 60.1 Å². The van der Waals surface area contributed by atoms with E-state index in [9.17, 15) is 13.2 Å². The lowest BCUT2D eigenvalue weighted by Crippen LogP contribution is -2.44. The molecular weight excluding hydrogens is 454 g/mol. The van der Waals surface area contributed by atoms with E-state index in [4.69, 9.17) is 9.15 Å². The largest absolute Gasteiger partial charge is 0.467 e. The number of ether oxygens (including phenoxy) is 1. The molecule has 0 saturated carbocycles. The van der Waals surface area contributed by atoms with E-state index in [0.717, 1.165) is 31.6 Å². The molecule has 0 spiro atoms. The van der Waals surface area contributed by atoms with E-state index in [0.29, 0.717) is 44.9 Å². The Bertz CT molecular complexity index is 944. The second-order valence-electron chi connectivity index (χ2n) is 8.63. The van der Waals surface area contributed by atoms with Crippen LogP contribution in [0.5, 0.6) is 0 Å². The summed E-state index contributed by atoms with van der Waals surface area (Å²) in [6.07, 6.45) is 3.62. The third-order valence-electron chi connectivity index (χ3n) is 5.94.